The maximum Gasteiger partial charge on any atom is 0.407 e. The largest absolute Gasteiger partial charge is 0.465 e. The van der Waals surface area contributed by atoms with Gasteiger partial charge in [0.2, 0.25) is 5.91 Å². The number of aldehydes is 1. The molecule has 6 atom stereocenters. The summed E-state index contributed by atoms with van der Waals surface area (Å²) in [5.41, 5.74) is 0.899. The quantitative estimate of drug-likeness (QED) is 0.0822. The van der Waals surface area contributed by atoms with Crippen molar-refractivity contribution in [1.82, 2.24) is 14.7 Å². The van der Waals surface area contributed by atoms with E-state index >= 15 is 0 Å². The number of methoxy groups -OCH3 is 1. The highest BCUT2D eigenvalue weighted by molar-refractivity contribution is 8.03. The number of amides is 2. The molecule has 46 heavy (non-hydrogen) atoms. The van der Waals surface area contributed by atoms with Crippen LogP contribution in [-0.2, 0) is 23.9 Å². The number of rotatable bonds is 8. The van der Waals surface area contributed by atoms with Gasteiger partial charge in [0, 0.05) is 42.5 Å². The van der Waals surface area contributed by atoms with Crippen molar-refractivity contribution in [3.05, 3.63) is 48.1 Å². The summed E-state index contributed by atoms with van der Waals surface area (Å²) < 4.78 is 8.41. The van der Waals surface area contributed by atoms with Gasteiger partial charge in [-0.25, -0.2) is 4.79 Å². The van der Waals surface area contributed by atoms with Crippen LogP contribution in [0.4, 0.5) is 4.79 Å². The Labute approximate surface area is 281 Å². The summed E-state index contributed by atoms with van der Waals surface area (Å²) in [5, 5.41) is 26.0. The summed E-state index contributed by atoms with van der Waals surface area (Å²) in [6, 6.07) is -0.611. The van der Waals surface area contributed by atoms with Crippen molar-refractivity contribution in [2.45, 2.75) is 78.3 Å². The lowest BCUT2D eigenvalue weighted by Gasteiger charge is -2.46. The first kappa shape index (κ1) is 49.9. The molecule has 2 saturated heterocycles. The van der Waals surface area contributed by atoms with Crippen LogP contribution in [0.1, 0.15) is 54.9 Å². The SMILES string of the molecule is C=C/C=C\C.C=CC.CC.CC1=C(SC2CC(C=O)N(C(=O)O)C2)C(C)C2C(C(C)O)C(=O)N12.CN(C)C.CO.COCOC=O. The summed E-state index contributed by atoms with van der Waals surface area (Å²) in [6.07, 6.45) is 6.75. The molecule has 3 aliphatic heterocycles. The van der Waals surface area contributed by atoms with Crippen LogP contribution in [0.25, 0.3) is 0 Å². The van der Waals surface area contributed by atoms with Gasteiger partial charge in [-0.05, 0) is 55.3 Å². The Hall–Kier alpha value is -2.97. The molecule has 0 radical (unpaired) electrons. The van der Waals surface area contributed by atoms with Gasteiger partial charge in [0.1, 0.15) is 6.29 Å². The number of carbonyl (C=O) groups excluding carboxylic acids is 3. The van der Waals surface area contributed by atoms with Gasteiger partial charge in [-0.15, -0.1) is 18.3 Å². The summed E-state index contributed by atoms with van der Waals surface area (Å²) in [5.74, 6) is -0.296. The molecule has 0 aromatic rings. The van der Waals surface area contributed by atoms with Gasteiger partial charge < -0.3 is 39.4 Å². The number of aliphatic hydroxyl groups excluding tert-OH is 2. The number of fused-ring (bicyclic) bond motifs is 1. The minimum absolute atomic E-state index is 0.00232. The van der Waals surface area contributed by atoms with Gasteiger partial charge in [0.15, 0.2) is 6.79 Å². The molecule has 0 aliphatic carbocycles. The molecule has 0 bridgehead atoms. The number of hydrogen-bond donors (Lipinski definition) is 3. The first-order valence-electron chi connectivity index (χ1n) is 15.0. The van der Waals surface area contributed by atoms with Crippen molar-refractivity contribution in [3.8, 4) is 0 Å². The lowest BCUT2D eigenvalue weighted by atomic mass is 9.79. The fraction of sp³-hybridized carbons (Fsp3) is 0.636. The number of likely N-dealkylation sites (tertiary alicyclic amines) is 1. The number of thioether (sulfide) groups is 1. The van der Waals surface area contributed by atoms with Crippen molar-refractivity contribution in [2.75, 3.05) is 48.7 Å². The normalized spacial score (nSPS) is 22.4. The standard InChI is InChI=1S/C16H22N2O5S.C5H8.C3H9N.C3H6O3.C3H6.C2H6.CH4O/c1-7-13-12(9(3)20)15(21)18(13)8(2)14(7)24-11-4-10(6-19)17(5-11)16(22)23;1-3-5-4-2;1-4(2)3;1-5-3-6-2-4;1-3-2;2*1-2/h6-7,9-13,20H,4-5H2,1-3H3,(H,22,23);3-5H,1H2,2H3;1-3H3;2H,3H2,1H3;3H,1H2,2H3;1-2H3;2H,1H3/b;5-4-;;;;;. The van der Waals surface area contributed by atoms with E-state index in [4.69, 9.17) is 5.11 Å². The third-order valence-corrected chi connectivity index (χ3v) is 7.53. The highest BCUT2D eigenvalue weighted by Gasteiger charge is 2.57. The Bertz CT molecular complexity index is 923. The third kappa shape index (κ3) is 18.2. The first-order chi connectivity index (χ1) is 21.7. The van der Waals surface area contributed by atoms with Crippen molar-refractivity contribution >= 4 is 36.5 Å². The molecule has 0 spiro atoms. The number of ether oxygens (including phenoxy) is 2. The topological polar surface area (TPSA) is 157 Å². The van der Waals surface area contributed by atoms with E-state index in [0.717, 1.165) is 17.7 Å². The number of carboxylic acid groups (broad SMARTS) is 1. The molecular formula is C33H61N3O9S. The van der Waals surface area contributed by atoms with E-state index in [1.54, 1.807) is 35.7 Å². The van der Waals surface area contributed by atoms with E-state index in [1.807, 2.05) is 79.7 Å². The molecule has 0 aromatic carbocycles. The summed E-state index contributed by atoms with van der Waals surface area (Å²) in [6.45, 7) is 20.9. The molecule has 3 aliphatic rings. The molecule has 12 nitrogen and oxygen atoms in total. The second-order valence-electron chi connectivity index (χ2n) is 10.00. The molecular weight excluding hydrogens is 614 g/mol. The van der Waals surface area contributed by atoms with Gasteiger partial charge in [-0.2, -0.15) is 0 Å². The number of carbonyl (C=O) groups is 4. The zero-order chi connectivity index (χ0) is 37.0. The van der Waals surface area contributed by atoms with Gasteiger partial charge in [0.05, 0.1) is 24.1 Å². The summed E-state index contributed by atoms with van der Waals surface area (Å²) >= 11 is 1.57. The van der Waals surface area contributed by atoms with Crippen LogP contribution in [0.15, 0.2) is 48.1 Å². The average molecular weight is 676 g/mol. The van der Waals surface area contributed by atoms with Crippen molar-refractivity contribution in [1.29, 1.82) is 0 Å². The fourth-order valence-electron chi connectivity index (χ4n) is 4.41. The van der Waals surface area contributed by atoms with Crippen LogP contribution < -0.4 is 0 Å². The maximum absolute atomic E-state index is 12.3. The maximum atomic E-state index is 12.3. The smallest absolute Gasteiger partial charge is 0.407 e. The third-order valence-electron chi connectivity index (χ3n) is 5.94. The lowest BCUT2D eigenvalue weighted by Crippen LogP contribution is -2.62. The molecule has 13 heteroatoms. The molecule has 2 fully saturated rings. The molecule has 0 aromatic heterocycles. The number of nitrogens with zero attached hydrogens (tertiary/aromatic N) is 3. The second kappa shape index (κ2) is 30.7. The Morgan fingerprint density at radius 3 is 1.96 bits per heavy atom. The zero-order valence-corrected chi connectivity index (χ0v) is 30.8. The van der Waals surface area contributed by atoms with Gasteiger partial charge in [-0.1, -0.05) is 51.7 Å². The first-order valence-corrected chi connectivity index (χ1v) is 15.9. The molecule has 2 amide bonds. The van der Waals surface area contributed by atoms with Crippen molar-refractivity contribution in [3.63, 3.8) is 0 Å². The van der Waals surface area contributed by atoms with E-state index < -0.39 is 18.2 Å². The molecule has 3 N–H and O–H groups in total. The van der Waals surface area contributed by atoms with Crippen LogP contribution in [0.5, 0.6) is 0 Å². The van der Waals surface area contributed by atoms with E-state index in [9.17, 15) is 29.4 Å². The van der Waals surface area contributed by atoms with Crippen molar-refractivity contribution in [2.24, 2.45) is 11.8 Å². The van der Waals surface area contributed by atoms with Crippen LogP contribution >= 0.6 is 11.8 Å². The Morgan fingerprint density at radius 1 is 1.17 bits per heavy atom. The Kier molecular flexibility index (Phi) is 33.3. The second-order valence-corrected chi connectivity index (χ2v) is 11.3. The Morgan fingerprint density at radius 2 is 1.67 bits per heavy atom. The van der Waals surface area contributed by atoms with E-state index in [0.29, 0.717) is 25.7 Å². The molecule has 3 rings (SSSR count). The summed E-state index contributed by atoms with van der Waals surface area (Å²) in [4.78, 5) is 49.8. The van der Waals surface area contributed by atoms with Crippen molar-refractivity contribution < 1.29 is 44.0 Å². The number of allylic oxidation sites excluding steroid dienone is 5. The highest BCUT2D eigenvalue weighted by Crippen LogP contribution is 2.51. The lowest BCUT2D eigenvalue weighted by molar-refractivity contribution is -0.159. The minimum atomic E-state index is -1.08. The fourth-order valence-corrected chi connectivity index (χ4v) is 5.93. The van der Waals surface area contributed by atoms with E-state index in [1.165, 1.54) is 12.0 Å². The summed E-state index contributed by atoms with van der Waals surface area (Å²) in [7, 11) is 8.45. The molecule has 268 valence electrons. The van der Waals surface area contributed by atoms with E-state index in [2.05, 4.69) is 22.6 Å². The number of aliphatic hydroxyl groups is 2. The molecule has 0 saturated carbocycles. The zero-order valence-electron chi connectivity index (χ0n) is 30.0. The van der Waals surface area contributed by atoms with Gasteiger partial charge in [-0.3, -0.25) is 14.5 Å². The van der Waals surface area contributed by atoms with Crippen LogP contribution in [0.3, 0.4) is 0 Å². The molecule has 3 heterocycles. The Balaban J connectivity index is -0.000000329. The predicted molar refractivity (Wildman–Crippen MR) is 187 cm³/mol. The number of β-lactam (4-membered cyclic amide) rings is 1. The van der Waals surface area contributed by atoms with E-state index in [-0.39, 0.29) is 35.8 Å². The average Bonchev–Trinajstić information content (AvgIpc) is 3.51. The monoisotopic (exact) mass is 675 g/mol. The van der Waals surface area contributed by atoms with Crippen LogP contribution in [0.2, 0.25) is 0 Å². The minimum Gasteiger partial charge on any atom is -0.465 e. The molecule has 6 unspecified atom stereocenters. The number of hydrogen-bond acceptors (Lipinski definition) is 10. The van der Waals surface area contributed by atoms with Gasteiger partial charge in [0.25, 0.3) is 6.47 Å². The van der Waals surface area contributed by atoms with Gasteiger partial charge >= 0.3 is 6.09 Å². The van der Waals surface area contributed by atoms with Crippen LogP contribution in [0, 0.1) is 11.8 Å². The van der Waals surface area contributed by atoms with Crippen LogP contribution in [-0.4, -0.2) is 127 Å². The predicted octanol–water partition coefficient (Wildman–Crippen LogP) is 4.65. The highest BCUT2D eigenvalue weighted by atomic mass is 32.2.